The third-order valence-corrected chi connectivity index (χ3v) is 2.58. The Morgan fingerprint density at radius 1 is 1.50 bits per heavy atom. The van der Waals surface area contributed by atoms with E-state index >= 15 is 0 Å². The van der Waals surface area contributed by atoms with Crippen LogP contribution in [0.1, 0.15) is 30.9 Å². The normalized spacial score (nSPS) is 11.9. The summed E-state index contributed by atoms with van der Waals surface area (Å²) in [5, 5.41) is 12.3. The first-order valence-corrected chi connectivity index (χ1v) is 5.68. The fourth-order valence-electron chi connectivity index (χ4n) is 1.69. The standard InChI is InChI=1S/C13H19N3/c1-3-4-12(9-15)16-13-7-10(2)5-6-11(13)8-14/h5-7,12,16H,3-4,9,15H2,1-2H3. The van der Waals surface area contributed by atoms with E-state index in [-0.39, 0.29) is 6.04 Å². The summed E-state index contributed by atoms with van der Waals surface area (Å²) < 4.78 is 0. The molecule has 16 heavy (non-hydrogen) atoms. The van der Waals surface area contributed by atoms with Crippen molar-refractivity contribution in [2.24, 2.45) is 5.73 Å². The van der Waals surface area contributed by atoms with Crippen LogP contribution in [0.5, 0.6) is 0 Å². The summed E-state index contributed by atoms with van der Waals surface area (Å²) in [4.78, 5) is 0. The summed E-state index contributed by atoms with van der Waals surface area (Å²) in [6, 6.07) is 8.23. The van der Waals surface area contributed by atoms with Crippen molar-refractivity contribution in [3.05, 3.63) is 29.3 Å². The quantitative estimate of drug-likeness (QED) is 0.796. The van der Waals surface area contributed by atoms with Crippen LogP contribution >= 0.6 is 0 Å². The van der Waals surface area contributed by atoms with Crippen LogP contribution in [0.4, 0.5) is 5.69 Å². The molecular formula is C13H19N3. The minimum Gasteiger partial charge on any atom is -0.380 e. The number of hydrogen-bond acceptors (Lipinski definition) is 3. The van der Waals surface area contributed by atoms with Crippen LogP contribution in [-0.2, 0) is 0 Å². The van der Waals surface area contributed by atoms with Crippen LogP contribution < -0.4 is 11.1 Å². The molecule has 0 radical (unpaired) electrons. The molecule has 86 valence electrons. The molecule has 0 saturated carbocycles. The maximum Gasteiger partial charge on any atom is 0.101 e. The second-order valence-corrected chi connectivity index (χ2v) is 4.03. The summed E-state index contributed by atoms with van der Waals surface area (Å²) in [7, 11) is 0. The molecule has 0 amide bonds. The number of benzene rings is 1. The lowest BCUT2D eigenvalue weighted by Gasteiger charge is -2.18. The second kappa shape index (κ2) is 6.14. The van der Waals surface area contributed by atoms with Crippen LogP contribution in [0.15, 0.2) is 18.2 Å². The predicted molar refractivity (Wildman–Crippen MR) is 67.3 cm³/mol. The molecule has 1 unspecified atom stereocenters. The Kier molecular flexibility index (Phi) is 4.81. The number of rotatable bonds is 5. The van der Waals surface area contributed by atoms with Gasteiger partial charge in [0.25, 0.3) is 0 Å². The van der Waals surface area contributed by atoms with Crippen LogP contribution in [0.25, 0.3) is 0 Å². The summed E-state index contributed by atoms with van der Waals surface area (Å²) in [6.45, 7) is 4.74. The van der Waals surface area contributed by atoms with Gasteiger partial charge in [0.05, 0.1) is 11.3 Å². The third-order valence-electron chi connectivity index (χ3n) is 2.58. The van der Waals surface area contributed by atoms with Gasteiger partial charge in [-0.25, -0.2) is 0 Å². The highest BCUT2D eigenvalue weighted by atomic mass is 14.9. The molecule has 3 nitrogen and oxygen atoms in total. The lowest BCUT2D eigenvalue weighted by atomic mass is 10.1. The topological polar surface area (TPSA) is 61.8 Å². The predicted octanol–water partition coefficient (Wildman–Crippen LogP) is 2.41. The van der Waals surface area contributed by atoms with Gasteiger partial charge in [0, 0.05) is 12.6 Å². The Bertz CT molecular complexity index is 379. The minimum absolute atomic E-state index is 0.249. The van der Waals surface area contributed by atoms with Crippen molar-refractivity contribution in [3.8, 4) is 6.07 Å². The van der Waals surface area contributed by atoms with Gasteiger partial charge >= 0.3 is 0 Å². The van der Waals surface area contributed by atoms with Crippen molar-refractivity contribution in [3.63, 3.8) is 0 Å². The maximum absolute atomic E-state index is 9.00. The Hall–Kier alpha value is -1.53. The summed E-state index contributed by atoms with van der Waals surface area (Å²) in [5.74, 6) is 0. The highest BCUT2D eigenvalue weighted by molar-refractivity contribution is 5.59. The Morgan fingerprint density at radius 3 is 2.81 bits per heavy atom. The van der Waals surface area contributed by atoms with Crippen LogP contribution in [0.3, 0.4) is 0 Å². The molecule has 0 aromatic heterocycles. The number of nitriles is 1. The average molecular weight is 217 g/mol. The zero-order valence-electron chi connectivity index (χ0n) is 9.96. The summed E-state index contributed by atoms with van der Waals surface area (Å²) >= 11 is 0. The molecule has 3 heteroatoms. The van der Waals surface area contributed by atoms with Gasteiger partial charge in [-0.2, -0.15) is 5.26 Å². The van der Waals surface area contributed by atoms with Crippen molar-refractivity contribution in [2.45, 2.75) is 32.7 Å². The molecule has 0 bridgehead atoms. The lowest BCUT2D eigenvalue weighted by Crippen LogP contribution is -2.28. The van der Waals surface area contributed by atoms with E-state index in [4.69, 9.17) is 11.0 Å². The Morgan fingerprint density at radius 2 is 2.25 bits per heavy atom. The molecule has 1 aromatic carbocycles. The molecule has 0 aliphatic rings. The number of nitrogens with one attached hydrogen (secondary N) is 1. The van der Waals surface area contributed by atoms with E-state index in [2.05, 4.69) is 18.3 Å². The molecular weight excluding hydrogens is 198 g/mol. The largest absolute Gasteiger partial charge is 0.380 e. The number of hydrogen-bond donors (Lipinski definition) is 2. The highest BCUT2D eigenvalue weighted by Crippen LogP contribution is 2.18. The molecule has 0 fully saturated rings. The van der Waals surface area contributed by atoms with Crippen molar-refractivity contribution in [1.82, 2.24) is 0 Å². The van der Waals surface area contributed by atoms with Crippen LogP contribution in [0.2, 0.25) is 0 Å². The third kappa shape index (κ3) is 3.25. The summed E-state index contributed by atoms with van der Waals surface area (Å²) in [5.41, 5.74) is 8.41. The van der Waals surface area contributed by atoms with E-state index in [1.165, 1.54) is 0 Å². The first-order valence-electron chi connectivity index (χ1n) is 5.68. The van der Waals surface area contributed by atoms with E-state index in [0.717, 1.165) is 24.1 Å². The first kappa shape index (κ1) is 12.5. The zero-order valence-corrected chi connectivity index (χ0v) is 9.96. The second-order valence-electron chi connectivity index (χ2n) is 4.03. The average Bonchev–Trinajstić information content (AvgIpc) is 2.29. The molecule has 0 aliphatic heterocycles. The van der Waals surface area contributed by atoms with Gasteiger partial charge in [0.15, 0.2) is 0 Å². The molecule has 0 saturated heterocycles. The van der Waals surface area contributed by atoms with Gasteiger partial charge in [-0.15, -0.1) is 0 Å². The Labute approximate surface area is 97.3 Å². The van der Waals surface area contributed by atoms with E-state index in [1.807, 2.05) is 25.1 Å². The van der Waals surface area contributed by atoms with Crippen molar-refractivity contribution >= 4 is 5.69 Å². The van der Waals surface area contributed by atoms with E-state index < -0.39 is 0 Å². The van der Waals surface area contributed by atoms with E-state index in [9.17, 15) is 0 Å². The number of anilines is 1. The Balaban J connectivity index is 2.86. The van der Waals surface area contributed by atoms with Gasteiger partial charge in [-0.1, -0.05) is 19.4 Å². The molecule has 3 N–H and O–H groups in total. The SMILES string of the molecule is CCCC(CN)Nc1cc(C)ccc1C#N. The number of nitrogens with two attached hydrogens (primary N) is 1. The maximum atomic E-state index is 9.00. The summed E-state index contributed by atoms with van der Waals surface area (Å²) in [6.07, 6.45) is 2.11. The van der Waals surface area contributed by atoms with Crippen LogP contribution in [-0.4, -0.2) is 12.6 Å². The highest BCUT2D eigenvalue weighted by Gasteiger charge is 2.08. The van der Waals surface area contributed by atoms with Gasteiger partial charge in [0.1, 0.15) is 6.07 Å². The lowest BCUT2D eigenvalue weighted by molar-refractivity contribution is 0.648. The first-order chi connectivity index (χ1) is 7.71. The molecule has 1 rings (SSSR count). The van der Waals surface area contributed by atoms with Crippen molar-refractivity contribution in [1.29, 1.82) is 5.26 Å². The van der Waals surface area contributed by atoms with Crippen molar-refractivity contribution in [2.75, 3.05) is 11.9 Å². The number of nitrogens with zero attached hydrogens (tertiary/aromatic N) is 1. The fraction of sp³-hybridized carbons (Fsp3) is 0.462. The minimum atomic E-state index is 0.249. The van der Waals surface area contributed by atoms with Gasteiger partial charge < -0.3 is 11.1 Å². The molecule has 0 heterocycles. The van der Waals surface area contributed by atoms with E-state index in [0.29, 0.717) is 12.1 Å². The van der Waals surface area contributed by atoms with Gasteiger partial charge in [-0.05, 0) is 31.0 Å². The van der Waals surface area contributed by atoms with Gasteiger partial charge in [-0.3, -0.25) is 0 Å². The zero-order chi connectivity index (χ0) is 12.0. The molecule has 0 aliphatic carbocycles. The smallest absolute Gasteiger partial charge is 0.101 e. The molecule has 1 aromatic rings. The van der Waals surface area contributed by atoms with Crippen molar-refractivity contribution < 1.29 is 0 Å². The van der Waals surface area contributed by atoms with Crippen LogP contribution in [0, 0.1) is 18.3 Å². The van der Waals surface area contributed by atoms with E-state index in [1.54, 1.807) is 0 Å². The molecule has 1 atom stereocenters. The monoisotopic (exact) mass is 217 g/mol. The number of aryl methyl sites for hydroxylation is 1. The fourth-order valence-corrected chi connectivity index (χ4v) is 1.69. The molecule has 0 spiro atoms. The van der Waals surface area contributed by atoms with Gasteiger partial charge in [0.2, 0.25) is 0 Å².